The third-order valence-corrected chi connectivity index (χ3v) is 1.05. The monoisotopic (exact) mass is 97.1 g/mol. The molecule has 0 bridgehead atoms. The normalized spacial score (nSPS) is 21.3. The van der Waals surface area contributed by atoms with Crippen LogP contribution in [0.15, 0.2) is 4.99 Å². The highest BCUT2D eigenvalue weighted by atomic mass is 14.8. The van der Waals surface area contributed by atoms with E-state index in [1.54, 1.807) is 0 Å². The van der Waals surface area contributed by atoms with E-state index in [-0.39, 0.29) is 0 Å². The highest BCUT2D eigenvalue weighted by Crippen LogP contribution is 2.22. The maximum atomic E-state index is 4.23. The lowest BCUT2D eigenvalue weighted by atomic mass is 10.5. The van der Waals surface area contributed by atoms with Crippen LogP contribution in [-0.2, 0) is 0 Å². The van der Waals surface area contributed by atoms with Crippen LogP contribution in [0.4, 0.5) is 0 Å². The van der Waals surface area contributed by atoms with Gasteiger partial charge in [-0.05, 0) is 25.5 Å². The van der Waals surface area contributed by atoms with Crippen molar-refractivity contribution in [1.29, 1.82) is 0 Å². The Labute approximate surface area is 44.5 Å². The molecule has 0 aliphatic heterocycles. The molecule has 1 heteroatoms. The van der Waals surface area contributed by atoms with E-state index in [0.717, 1.165) is 12.5 Å². The molecule has 0 aromatic carbocycles. The molecular weight excluding hydrogens is 86.1 g/mol. The van der Waals surface area contributed by atoms with Crippen molar-refractivity contribution in [3.05, 3.63) is 0 Å². The lowest BCUT2D eigenvalue weighted by Gasteiger charge is -1.77. The van der Waals surface area contributed by atoms with Gasteiger partial charge in [0.15, 0.2) is 0 Å². The average molecular weight is 97.2 g/mol. The van der Waals surface area contributed by atoms with E-state index in [4.69, 9.17) is 0 Å². The van der Waals surface area contributed by atoms with Gasteiger partial charge in [-0.25, -0.2) is 0 Å². The van der Waals surface area contributed by atoms with Gasteiger partial charge in [0, 0.05) is 6.04 Å². The Hall–Kier alpha value is -0.330. The van der Waals surface area contributed by atoms with Gasteiger partial charge in [-0.1, -0.05) is 6.92 Å². The van der Waals surface area contributed by atoms with Crippen LogP contribution in [0.3, 0.4) is 0 Å². The number of nitrogens with zero attached hydrogens (tertiary/aromatic N) is 1. The molecule has 0 amide bonds. The largest absolute Gasteiger partial charge is 0.294 e. The van der Waals surface area contributed by atoms with Crippen LogP contribution in [-0.4, -0.2) is 12.3 Å². The molecule has 0 heterocycles. The van der Waals surface area contributed by atoms with Gasteiger partial charge in [-0.3, -0.25) is 4.99 Å². The Balaban J connectivity index is 2.05. The zero-order valence-electron chi connectivity index (χ0n) is 4.72. The molecule has 0 saturated heterocycles. The summed E-state index contributed by atoms with van der Waals surface area (Å²) in [6, 6.07) is 0.722. The lowest BCUT2D eigenvalue weighted by molar-refractivity contribution is 1.06. The molecule has 0 aromatic heterocycles. The maximum absolute atomic E-state index is 4.23. The van der Waals surface area contributed by atoms with Crippen LogP contribution >= 0.6 is 0 Å². The second-order valence-electron chi connectivity index (χ2n) is 1.97. The summed E-state index contributed by atoms with van der Waals surface area (Å²) in [5.74, 6) is 0. The molecule has 0 atom stereocenters. The van der Waals surface area contributed by atoms with Crippen LogP contribution < -0.4 is 0 Å². The smallest absolute Gasteiger partial charge is 0.0497 e. The molecule has 1 aliphatic carbocycles. The van der Waals surface area contributed by atoms with Crippen molar-refractivity contribution in [2.45, 2.75) is 32.2 Å². The Morgan fingerprint density at radius 3 is 2.86 bits per heavy atom. The van der Waals surface area contributed by atoms with Crippen molar-refractivity contribution in [3.63, 3.8) is 0 Å². The summed E-state index contributed by atoms with van der Waals surface area (Å²) in [7, 11) is 0. The minimum absolute atomic E-state index is 0.722. The first-order valence-corrected chi connectivity index (χ1v) is 2.95. The van der Waals surface area contributed by atoms with Gasteiger partial charge in [-0.2, -0.15) is 0 Å². The van der Waals surface area contributed by atoms with E-state index in [2.05, 4.69) is 11.9 Å². The van der Waals surface area contributed by atoms with Crippen molar-refractivity contribution in [3.8, 4) is 0 Å². The molecule has 0 unspecified atom stereocenters. The Bertz CT molecular complexity index is 72.2. The number of rotatable bonds is 2. The van der Waals surface area contributed by atoms with Crippen LogP contribution in [0.2, 0.25) is 0 Å². The van der Waals surface area contributed by atoms with E-state index < -0.39 is 0 Å². The highest BCUT2D eigenvalue weighted by molar-refractivity contribution is 5.57. The van der Waals surface area contributed by atoms with Gasteiger partial charge in [0.2, 0.25) is 0 Å². The molecule has 1 fully saturated rings. The molecule has 1 nitrogen and oxygen atoms in total. The first-order chi connectivity index (χ1) is 3.43. The summed E-state index contributed by atoms with van der Waals surface area (Å²) in [5.41, 5.74) is 0. The highest BCUT2D eigenvalue weighted by Gasteiger charge is 2.18. The first-order valence-electron chi connectivity index (χ1n) is 2.95. The fourth-order valence-corrected chi connectivity index (χ4v) is 0.478. The molecule has 0 radical (unpaired) electrons. The molecule has 7 heavy (non-hydrogen) atoms. The van der Waals surface area contributed by atoms with Crippen LogP contribution in [0.25, 0.3) is 0 Å². The number of hydrogen-bond donors (Lipinski definition) is 0. The van der Waals surface area contributed by atoms with Crippen molar-refractivity contribution < 1.29 is 0 Å². The minimum Gasteiger partial charge on any atom is -0.294 e. The predicted octanol–water partition coefficient (Wildman–Crippen LogP) is 1.63. The fourth-order valence-electron chi connectivity index (χ4n) is 0.478. The van der Waals surface area contributed by atoms with E-state index in [1.165, 1.54) is 12.8 Å². The van der Waals surface area contributed by atoms with Gasteiger partial charge in [0.25, 0.3) is 0 Å². The van der Waals surface area contributed by atoms with Crippen molar-refractivity contribution in [1.82, 2.24) is 0 Å². The first kappa shape index (κ1) is 4.82. The standard InChI is InChI=1S/C6H11N/c1-2-5-7-6-3-4-6/h5-6H,2-4H2,1H3. The maximum Gasteiger partial charge on any atom is 0.0497 e. The van der Waals surface area contributed by atoms with E-state index in [0.29, 0.717) is 0 Å². The molecular formula is C6H11N. The summed E-state index contributed by atoms with van der Waals surface area (Å²) in [6.45, 7) is 2.12. The molecule has 40 valence electrons. The molecule has 0 aromatic rings. The Morgan fingerprint density at radius 1 is 1.71 bits per heavy atom. The number of hydrogen-bond acceptors (Lipinski definition) is 1. The summed E-state index contributed by atoms with van der Waals surface area (Å²) in [5, 5.41) is 0. The van der Waals surface area contributed by atoms with Crippen molar-refractivity contribution >= 4 is 6.21 Å². The summed E-state index contributed by atoms with van der Waals surface area (Å²) >= 11 is 0. The fraction of sp³-hybridized carbons (Fsp3) is 0.833. The van der Waals surface area contributed by atoms with Gasteiger partial charge in [0.1, 0.15) is 0 Å². The van der Waals surface area contributed by atoms with Gasteiger partial charge >= 0.3 is 0 Å². The molecule has 1 aliphatic rings. The quantitative estimate of drug-likeness (QED) is 0.464. The molecule has 1 rings (SSSR count). The van der Waals surface area contributed by atoms with Crippen LogP contribution in [0, 0.1) is 0 Å². The van der Waals surface area contributed by atoms with E-state index in [9.17, 15) is 0 Å². The second-order valence-corrected chi connectivity index (χ2v) is 1.97. The zero-order valence-corrected chi connectivity index (χ0v) is 4.72. The summed E-state index contributed by atoms with van der Waals surface area (Å²) < 4.78 is 0. The Kier molecular flexibility index (Phi) is 1.45. The summed E-state index contributed by atoms with van der Waals surface area (Å²) in [6.07, 6.45) is 5.77. The molecule has 1 saturated carbocycles. The third-order valence-electron chi connectivity index (χ3n) is 1.05. The molecule has 0 N–H and O–H groups in total. The van der Waals surface area contributed by atoms with Crippen LogP contribution in [0.1, 0.15) is 26.2 Å². The topological polar surface area (TPSA) is 12.4 Å². The zero-order chi connectivity index (χ0) is 5.11. The minimum atomic E-state index is 0.722. The second kappa shape index (κ2) is 2.10. The van der Waals surface area contributed by atoms with E-state index >= 15 is 0 Å². The lowest BCUT2D eigenvalue weighted by Crippen LogP contribution is -1.73. The van der Waals surface area contributed by atoms with E-state index in [1.807, 2.05) is 6.21 Å². The summed E-state index contributed by atoms with van der Waals surface area (Å²) in [4.78, 5) is 4.23. The van der Waals surface area contributed by atoms with Crippen molar-refractivity contribution in [2.24, 2.45) is 4.99 Å². The van der Waals surface area contributed by atoms with Gasteiger partial charge in [0.05, 0.1) is 0 Å². The molecule has 0 spiro atoms. The predicted molar refractivity (Wildman–Crippen MR) is 31.8 cm³/mol. The van der Waals surface area contributed by atoms with Crippen LogP contribution in [0.5, 0.6) is 0 Å². The van der Waals surface area contributed by atoms with Crippen molar-refractivity contribution in [2.75, 3.05) is 0 Å². The Morgan fingerprint density at radius 2 is 2.43 bits per heavy atom. The SMILES string of the molecule is CCC=NC1CC1. The third kappa shape index (κ3) is 1.72. The number of aliphatic imine (C=N–C) groups is 1. The average Bonchev–Trinajstić information content (AvgIpc) is 2.42. The van der Waals surface area contributed by atoms with Gasteiger partial charge < -0.3 is 0 Å². The van der Waals surface area contributed by atoms with Gasteiger partial charge in [-0.15, -0.1) is 0 Å².